The first kappa shape index (κ1) is 13.8. The molecule has 0 unspecified atom stereocenters. The molecule has 2 saturated heterocycles. The normalized spacial score (nSPS) is 23.1. The third-order valence-electron chi connectivity index (χ3n) is 2.99. The van der Waals surface area contributed by atoms with E-state index in [1.54, 1.807) is 0 Å². The molecule has 0 aromatic heterocycles. The molecule has 2 aliphatic heterocycles. The standard InChI is InChI=1S/C7H13NO2.C3H9NO2/c1-2-7-3-9-5-8(7)6-10-4-7;1-4(6)2-3-5/h2-6H2,1H3;5-6H,2-3H2,1H3. The van der Waals surface area contributed by atoms with Crippen LogP contribution in [0.1, 0.15) is 13.3 Å². The topological polar surface area (TPSA) is 65.4 Å². The zero-order chi connectivity index (χ0) is 12.0. The van der Waals surface area contributed by atoms with Crippen LogP contribution in [0.2, 0.25) is 0 Å². The second kappa shape index (κ2) is 6.48. The molecule has 0 amide bonds. The van der Waals surface area contributed by atoms with E-state index >= 15 is 0 Å². The summed E-state index contributed by atoms with van der Waals surface area (Å²) in [5.74, 6) is 0. The minimum atomic E-state index is 0.00694. The summed E-state index contributed by atoms with van der Waals surface area (Å²) >= 11 is 0. The van der Waals surface area contributed by atoms with Gasteiger partial charge in [-0.2, -0.15) is 5.06 Å². The van der Waals surface area contributed by atoms with E-state index in [1.807, 2.05) is 0 Å². The minimum absolute atomic E-state index is 0.00694. The summed E-state index contributed by atoms with van der Waals surface area (Å²) in [6.07, 6.45) is 1.13. The SMILES string of the molecule is CCC12COCN1COC2.CN(O)CCO. The van der Waals surface area contributed by atoms with Gasteiger partial charge in [-0.15, -0.1) is 0 Å². The van der Waals surface area contributed by atoms with E-state index in [2.05, 4.69) is 11.8 Å². The number of nitrogens with zero attached hydrogens (tertiary/aromatic N) is 2. The van der Waals surface area contributed by atoms with Gasteiger partial charge >= 0.3 is 0 Å². The number of likely N-dealkylation sites (N-methyl/N-ethyl adjacent to an activating group) is 1. The molecular weight excluding hydrogens is 212 g/mol. The number of hydrogen-bond donors (Lipinski definition) is 2. The van der Waals surface area contributed by atoms with Crippen LogP contribution in [0.4, 0.5) is 0 Å². The largest absolute Gasteiger partial charge is 0.395 e. The van der Waals surface area contributed by atoms with Crippen LogP contribution in [0.25, 0.3) is 0 Å². The highest BCUT2D eigenvalue weighted by atomic mass is 16.6. The minimum Gasteiger partial charge on any atom is -0.395 e. The van der Waals surface area contributed by atoms with E-state index in [9.17, 15) is 0 Å². The number of hydrogen-bond acceptors (Lipinski definition) is 6. The highest BCUT2D eigenvalue weighted by molar-refractivity contribution is 4.94. The van der Waals surface area contributed by atoms with E-state index in [4.69, 9.17) is 19.8 Å². The van der Waals surface area contributed by atoms with Crippen molar-refractivity contribution in [2.45, 2.75) is 18.9 Å². The lowest BCUT2D eigenvalue weighted by atomic mass is 9.99. The van der Waals surface area contributed by atoms with Crippen LogP contribution in [-0.4, -0.2) is 72.7 Å². The van der Waals surface area contributed by atoms with Gasteiger partial charge in [0, 0.05) is 13.6 Å². The van der Waals surface area contributed by atoms with Crippen molar-refractivity contribution in [2.24, 2.45) is 0 Å². The molecule has 2 aliphatic rings. The predicted molar refractivity (Wildman–Crippen MR) is 58.0 cm³/mol. The average molecular weight is 234 g/mol. The second-order valence-electron chi connectivity index (χ2n) is 4.18. The monoisotopic (exact) mass is 234 g/mol. The van der Waals surface area contributed by atoms with E-state index < -0.39 is 0 Å². The molecule has 2 fully saturated rings. The zero-order valence-corrected chi connectivity index (χ0v) is 10.1. The third-order valence-corrected chi connectivity index (χ3v) is 2.99. The molecule has 0 bridgehead atoms. The maximum Gasteiger partial charge on any atom is 0.101 e. The van der Waals surface area contributed by atoms with Gasteiger partial charge in [0.15, 0.2) is 0 Å². The summed E-state index contributed by atoms with van der Waals surface area (Å²) in [7, 11) is 1.48. The first-order chi connectivity index (χ1) is 7.64. The van der Waals surface area contributed by atoms with Crippen molar-refractivity contribution >= 4 is 0 Å². The average Bonchev–Trinajstić information content (AvgIpc) is 2.76. The molecule has 6 nitrogen and oxygen atoms in total. The highest BCUT2D eigenvalue weighted by Gasteiger charge is 2.44. The molecule has 2 N–H and O–H groups in total. The molecule has 0 aromatic rings. The molecule has 0 aliphatic carbocycles. The Morgan fingerprint density at radius 2 is 1.88 bits per heavy atom. The number of ether oxygens (including phenoxy) is 2. The number of aliphatic hydroxyl groups is 1. The van der Waals surface area contributed by atoms with Crippen LogP contribution in [0.5, 0.6) is 0 Å². The lowest BCUT2D eigenvalue weighted by Gasteiger charge is -2.24. The van der Waals surface area contributed by atoms with Crippen molar-refractivity contribution in [1.82, 2.24) is 9.96 Å². The molecule has 0 radical (unpaired) electrons. The number of aliphatic hydroxyl groups excluding tert-OH is 1. The van der Waals surface area contributed by atoms with Crippen LogP contribution >= 0.6 is 0 Å². The lowest BCUT2D eigenvalue weighted by molar-refractivity contribution is -0.0733. The summed E-state index contributed by atoms with van der Waals surface area (Å²) in [5, 5.41) is 17.2. The molecule has 96 valence electrons. The molecule has 0 saturated carbocycles. The Bertz CT molecular complexity index is 191. The van der Waals surface area contributed by atoms with Crippen molar-refractivity contribution in [3.05, 3.63) is 0 Å². The maximum absolute atomic E-state index is 8.23. The Morgan fingerprint density at radius 1 is 1.31 bits per heavy atom. The third kappa shape index (κ3) is 3.38. The molecule has 2 heterocycles. The van der Waals surface area contributed by atoms with Gasteiger partial charge in [-0.3, -0.25) is 0 Å². The molecule has 0 aromatic carbocycles. The first-order valence-corrected chi connectivity index (χ1v) is 5.56. The summed E-state index contributed by atoms with van der Waals surface area (Å²) in [6.45, 7) is 5.73. The Morgan fingerprint density at radius 3 is 2.12 bits per heavy atom. The van der Waals surface area contributed by atoms with Gasteiger partial charge in [0.1, 0.15) is 13.5 Å². The predicted octanol–water partition coefficient (Wildman–Crippen LogP) is -0.288. The molecule has 0 atom stereocenters. The second-order valence-corrected chi connectivity index (χ2v) is 4.18. The van der Waals surface area contributed by atoms with Crippen molar-refractivity contribution < 1.29 is 19.8 Å². The summed E-state index contributed by atoms with van der Waals surface area (Å²) in [5.41, 5.74) is 0.236. The van der Waals surface area contributed by atoms with Crippen LogP contribution in [0.3, 0.4) is 0 Å². The Kier molecular flexibility index (Phi) is 5.60. The fraction of sp³-hybridized carbons (Fsp3) is 1.00. The van der Waals surface area contributed by atoms with E-state index in [0.29, 0.717) is 6.54 Å². The van der Waals surface area contributed by atoms with Gasteiger partial charge < -0.3 is 19.8 Å². The number of fused-ring (bicyclic) bond motifs is 1. The number of rotatable bonds is 3. The van der Waals surface area contributed by atoms with Gasteiger partial charge in [-0.05, 0) is 6.42 Å². The molecule has 6 heteroatoms. The van der Waals surface area contributed by atoms with E-state index in [1.165, 1.54) is 7.05 Å². The Labute approximate surface area is 96.3 Å². The Balaban J connectivity index is 0.000000187. The van der Waals surface area contributed by atoms with Crippen LogP contribution in [-0.2, 0) is 9.47 Å². The van der Waals surface area contributed by atoms with Crippen molar-refractivity contribution in [1.29, 1.82) is 0 Å². The van der Waals surface area contributed by atoms with Crippen molar-refractivity contribution in [3.8, 4) is 0 Å². The van der Waals surface area contributed by atoms with E-state index in [0.717, 1.165) is 38.2 Å². The van der Waals surface area contributed by atoms with Crippen molar-refractivity contribution in [3.63, 3.8) is 0 Å². The fourth-order valence-electron chi connectivity index (χ4n) is 1.80. The fourth-order valence-corrected chi connectivity index (χ4v) is 1.80. The summed E-state index contributed by atoms with van der Waals surface area (Å²) in [6, 6.07) is 0. The molecule has 0 spiro atoms. The zero-order valence-electron chi connectivity index (χ0n) is 10.1. The molecule has 2 rings (SSSR count). The highest BCUT2D eigenvalue weighted by Crippen LogP contribution is 2.30. The molecule has 16 heavy (non-hydrogen) atoms. The summed E-state index contributed by atoms with van der Waals surface area (Å²) in [4.78, 5) is 2.27. The smallest absolute Gasteiger partial charge is 0.101 e. The van der Waals surface area contributed by atoms with Gasteiger partial charge in [0.2, 0.25) is 0 Å². The quantitative estimate of drug-likeness (QED) is 0.654. The van der Waals surface area contributed by atoms with Crippen LogP contribution in [0.15, 0.2) is 0 Å². The Hall–Kier alpha value is -0.240. The summed E-state index contributed by atoms with van der Waals surface area (Å²) < 4.78 is 10.7. The van der Waals surface area contributed by atoms with Crippen molar-refractivity contribution in [2.75, 3.05) is 46.9 Å². The van der Waals surface area contributed by atoms with Gasteiger partial charge in [-0.1, -0.05) is 6.92 Å². The van der Waals surface area contributed by atoms with Gasteiger partial charge in [-0.25, -0.2) is 4.90 Å². The lowest BCUT2D eigenvalue weighted by Crippen LogP contribution is -2.42. The van der Waals surface area contributed by atoms with Gasteiger partial charge in [0.05, 0.1) is 25.4 Å². The van der Waals surface area contributed by atoms with E-state index in [-0.39, 0.29) is 12.1 Å². The number of hydroxylamine groups is 2. The first-order valence-electron chi connectivity index (χ1n) is 5.56. The molecular formula is C10H22N2O4. The van der Waals surface area contributed by atoms with Crippen LogP contribution < -0.4 is 0 Å². The van der Waals surface area contributed by atoms with Crippen LogP contribution in [0, 0.1) is 0 Å². The van der Waals surface area contributed by atoms with Gasteiger partial charge in [0.25, 0.3) is 0 Å². The maximum atomic E-state index is 8.23.